The second kappa shape index (κ2) is 8.41. The molecule has 6 nitrogen and oxygen atoms in total. The van der Waals surface area contributed by atoms with Gasteiger partial charge in [-0.05, 0) is 37.6 Å². The first-order chi connectivity index (χ1) is 13.3. The zero-order valence-corrected chi connectivity index (χ0v) is 16.5. The number of rotatable bonds is 7. The van der Waals surface area contributed by atoms with Crippen LogP contribution in [0.15, 0.2) is 71.8 Å². The smallest absolute Gasteiger partial charge is 0.324 e. The lowest BCUT2D eigenvalue weighted by Gasteiger charge is -2.13. The van der Waals surface area contributed by atoms with Gasteiger partial charge < -0.3 is 9.72 Å². The van der Waals surface area contributed by atoms with E-state index < -0.39 is 22.0 Å². The molecule has 7 heteroatoms. The minimum absolute atomic E-state index is 0.0543. The third-order valence-corrected chi connectivity index (χ3v) is 5.78. The van der Waals surface area contributed by atoms with Crippen molar-refractivity contribution in [1.82, 2.24) is 9.71 Å². The van der Waals surface area contributed by atoms with Crippen molar-refractivity contribution in [3.05, 3.63) is 78.0 Å². The van der Waals surface area contributed by atoms with Crippen molar-refractivity contribution >= 4 is 16.0 Å². The molecule has 0 aliphatic carbocycles. The summed E-state index contributed by atoms with van der Waals surface area (Å²) in [7, 11) is -3.79. The van der Waals surface area contributed by atoms with Crippen LogP contribution in [-0.4, -0.2) is 25.4 Å². The van der Waals surface area contributed by atoms with E-state index in [1.165, 1.54) is 19.1 Å². The number of esters is 1. The van der Waals surface area contributed by atoms with Gasteiger partial charge >= 0.3 is 5.97 Å². The van der Waals surface area contributed by atoms with Crippen LogP contribution in [0.4, 0.5) is 0 Å². The van der Waals surface area contributed by atoms with Crippen LogP contribution >= 0.6 is 0 Å². The average Bonchev–Trinajstić information content (AvgIpc) is 3.16. The minimum atomic E-state index is -3.79. The lowest BCUT2D eigenvalue weighted by atomic mass is 10.1. The molecular weight excluding hydrogens is 376 g/mol. The molecule has 28 heavy (non-hydrogen) atoms. The molecule has 0 unspecified atom stereocenters. The summed E-state index contributed by atoms with van der Waals surface area (Å²) in [5.41, 5.74) is 3.69. The molecule has 0 amide bonds. The second-order valence-electron chi connectivity index (χ2n) is 6.55. The molecule has 1 atom stereocenters. The van der Waals surface area contributed by atoms with Gasteiger partial charge in [-0.15, -0.1) is 0 Å². The summed E-state index contributed by atoms with van der Waals surface area (Å²) < 4.78 is 32.3. The average molecular weight is 398 g/mol. The van der Waals surface area contributed by atoms with Crippen LogP contribution in [-0.2, 0) is 26.2 Å². The quantitative estimate of drug-likeness (QED) is 0.597. The molecule has 2 aromatic carbocycles. The maximum Gasteiger partial charge on any atom is 0.324 e. The highest BCUT2D eigenvalue weighted by Crippen LogP contribution is 2.19. The van der Waals surface area contributed by atoms with Gasteiger partial charge in [0.15, 0.2) is 0 Å². The van der Waals surface area contributed by atoms with E-state index >= 15 is 0 Å². The Hall–Kier alpha value is -2.90. The summed E-state index contributed by atoms with van der Waals surface area (Å²) in [4.78, 5) is 15.4. The molecule has 0 radical (unpaired) electrons. The maximum absolute atomic E-state index is 12.4. The third kappa shape index (κ3) is 4.88. The van der Waals surface area contributed by atoms with E-state index in [1.54, 1.807) is 18.3 Å². The van der Waals surface area contributed by atoms with Crippen LogP contribution in [0.5, 0.6) is 0 Å². The zero-order valence-electron chi connectivity index (χ0n) is 15.7. The van der Waals surface area contributed by atoms with E-state index in [9.17, 15) is 13.2 Å². The molecule has 146 valence electrons. The molecule has 0 fully saturated rings. The van der Waals surface area contributed by atoms with Crippen molar-refractivity contribution in [2.45, 2.75) is 31.4 Å². The van der Waals surface area contributed by atoms with Gasteiger partial charge in [0.1, 0.15) is 12.6 Å². The van der Waals surface area contributed by atoms with E-state index in [0.717, 1.165) is 22.4 Å². The first kappa shape index (κ1) is 19.9. The molecule has 1 aromatic heterocycles. The molecular formula is C21H22N2O4S. The fourth-order valence-corrected chi connectivity index (χ4v) is 3.84. The van der Waals surface area contributed by atoms with Crippen LogP contribution in [0.1, 0.15) is 18.1 Å². The number of hydrogen-bond acceptors (Lipinski definition) is 4. The van der Waals surface area contributed by atoms with Crippen LogP contribution in [0.3, 0.4) is 0 Å². The Balaban J connectivity index is 1.57. The van der Waals surface area contributed by atoms with Gasteiger partial charge in [0, 0.05) is 17.5 Å². The lowest BCUT2D eigenvalue weighted by molar-refractivity contribution is -0.146. The Bertz CT molecular complexity index is 1040. The number of aryl methyl sites for hydroxylation is 1. The van der Waals surface area contributed by atoms with E-state index in [2.05, 4.69) is 9.71 Å². The number of carbonyl (C=O) groups excluding carboxylic acids is 1. The number of aromatic amines is 1. The predicted molar refractivity (Wildman–Crippen MR) is 107 cm³/mol. The summed E-state index contributed by atoms with van der Waals surface area (Å²) in [6, 6.07) is 17.1. The number of nitrogens with one attached hydrogen (secondary N) is 2. The number of sulfonamides is 1. The van der Waals surface area contributed by atoms with E-state index in [1.807, 2.05) is 43.3 Å². The van der Waals surface area contributed by atoms with E-state index in [4.69, 9.17) is 4.74 Å². The number of benzene rings is 2. The molecule has 3 aromatic rings. The van der Waals surface area contributed by atoms with Gasteiger partial charge in [-0.1, -0.05) is 48.0 Å². The molecule has 0 bridgehead atoms. The summed E-state index contributed by atoms with van der Waals surface area (Å²) in [5, 5.41) is 0. The van der Waals surface area contributed by atoms with Gasteiger partial charge in [-0.25, -0.2) is 8.42 Å². The van der Waals surface area contributed by atoms with Gasteiger partial charge in [0.2, 0.25) is 10.0 Å². The first-order valence-electron chi connectivity index (χ1n) is 8.83. The molecule has 0 aliphatic rings. The van der Waals surface area contributed by atoms with Crippen molar-refractivity contribution < 1.29 is 17.9 Å². The Morgan fingerprint density at radius 1 is 1.11 bits per heavy atom. The Morgan fingerprint density at radius 2 is 1.79 bits per heavy atom. The topological polar surface area (TPSA) is 88.3 Å². The van der Waals surface area contributed by atoms with Gasteiger partial charge in [-0.2, -0.15) is 4.72 Å². The Morgan fingerprint density at radius 3 is 2.46 bits per heavy atom. The first-order valence-corrected chi connectivity index (χ1v) is 10.3. The number of H-pyrrole nitrogens is 1. The number of hydrogen-bond donors (Lipinski definition) is 2. The highest BCUT2D eigenvalue weighted by atomic mass is 32.2. The summed E-state index contributed by atoms with van der Waals surface area (Å²) in [6.45, 7) is 3.38. The van der Waals surface area contributed by atoms with E-state index in [-0.39, 0.29) is 11.5 Å². The van der Waals surface area contributed by atoms with Crippen LogP contribution in [0.2, 0.25) is 0 Å². The summed E-state index contributed by atoms with van der Waals surface area (Å²) >= 11 is 0. The number of ether oxygens (including phenoxy) is 1. The van der Waals surface area contributed by atoms with Crippen molar-refractivity contribution in [2.24, 2.45) is 0 Å². The number of carbonyl (C=O) groups is 1. The van der Waals surface area contributed by atoms with Gasteiger partial charge in [0.25, 0.3) is 0 Å². The molecule has 0 saturated heterocycles. The summed E-state index contributed by atoms with van der Waals surface area (Å²) in [5.74, 6) is -0.641. The fraction of sp³-hybridized carbons (Fsp3) is 0.190. The Kier molecular flexibility index (Phi) is 5.96. The van der Waals surface area contributed by atoms with Crippen molar-refractivity contribution in [3.8, 4) is 11.3 Å². The van der Waals surface area contributed by atoms with Gasteiger partial charge in [-0.3, -0.25) is 4.79 Å². The molecule has 0 spiro atoms. The van der Waals surface area contributed by atoms with Crippen molar-refractivity contribution in [1.29, 1.82) is 0 Å². The molecule has 3 rings (SSSR count). The monoisotopic (exact) mass is 398 g/mol. The zero-order chi connectivity index (χ0) is 20.1. The van der Waals surface area contributed by atoms with Crippen LogP contribution in [0, 0.1) is 6.92 Å². The molecule has 1 heterocycles. The normalized spacial score (nSPS) is 12.5. The Labute approximate surface area is 164 Å². The second-order valence-corrected chi connectivity index (χ2v) is 8.27. The number of aromatic nitrogens is 1. The maximum atomic E-state index is 12.4. The third-order valence-electron chi connectivity index (χ3n) is 4.23. The standard InChI is InChI=1S/C21H22N2O4S/c1-15-8-10-19(11-9-15)28(25,26)23-16(2)21(24)27-14-17-12-20(22-13-17)18-6-4-3-5-7-18/h3-13,16,22-23H,14H2,1-2H3/t16-/m0/s1. The fourth-order valence-electron chi connectivity index (χ4n) is 2.65. The van der Waals surface area contributed by atoms with Crippen molar-refractivity contribution in [2.75, 3.05) is 0 Å². The highest BCUT2D eigenvalue weighted by molar-refractivity contribution is 7.89. The van der Waals surface area contributed by atoms with Crippen molar-refractivity contribution in [3.63, 3.8) is 0 Å². The molecule has 0 saturated carbocycles. The molecule has 2 N–H and O–H groups in total. The van der Waals surface area contributed by atoms with E-state index in [0.29, 0.717) is 0 Å². The highest BCUT2D eigenvalue weighted by Gasteiger charge is 2.23. The predicted octanol–water partition coefficient (Wildman–Crippen LogP) is 3.40. The van der Waals surface area contributed by atoms with Crippen LogP contribution < -0.4 is 4.72 Å². The minimum Gasteiger partial charge on any atom is -0.460 e. The summed E-state index contributed by atoms with van der Waals surface area (Å²) in [6.07, 6.45) is 1.76. The molecule has 0 aliphatic heterocycles. The lowest BCUT2D eigenvalue weighted by Crippen LogP contribution is -2.39. The SMILES string of the molecule is Cc1ccc(S(=O)(=O)N[C@@H](C)C(=O)OCc2c[nH]c(-c3ccccc3)c2)cc1. The van der Waals surface area contributed by atoms with Gasteiger partial charge in [0.05, 0.1) is 4.90 Å². The largest absolute Gasteiger partial charge is 0.460 e. The van der Waals surface area contributed by atoms with Crippen LogP contribution in [0.25, 0.3) is 11.3 Å².